The molecule has 6 nitrogen and oxygen atoms in total. The van der Waals surface area contributed by atoms with Crippen molar-refractivity contribution in [2.45, 2.75) is 6.92 Å². The highest BCUT2D eigenvalue weighted by molar-refractivity contribution is 6.30. The maximum atomic E-state index is 11.0. The summed E-state index contributed by atoms with van der Waals surface area (Å²) in [4.78, 5) is 14.9. The Morgan fingerprint density at radius 2 is 2.11 bits per heavy atom. The average molecular weight is 269 g/mol. The Bertz CT molecular complexity index is 538. The van der Waals surface area contributed by atoms with E-state index in [0.29, 0.717) is 16.4 Å². The van der Waals surface area contributed by atoms with Crippen LogP contribution in [-0.2, 0) is 4.74 Å². The van der Waals surface area contributed by atoms with E-state index in [2.05, 4.69) is 19.6 Å². The minimum absolute atomic E-state index is 0.205. The molecule has 94 valence electrons. The van der Waals surface area contributed by atoms with E-state index in [1.165, 1.54) is 0 Å². The summed E-state index contributed by atoms with van der Waals surface area (Å²) in [6.45, 7) is 1.87. The van der Waals surface area contributed by atoms with Gasteiger partial charge >= 0.3 is 12.2 Å². The molecule has 2 rings (SSSR count). The Morgan fingerprint density at radius 3 is 2.78 bits per heavy atom. The quantitative estimate of drug-likeness (QED) is 0.797. The van der Waals surface area contributed by atoms with Crippen molar-refractivity contribution in [3.63, 3.8) is 0 Å². The van der Waals surface area contributed by atoms with Crippen molar-refractivity contribution in [3.05, 3.63) is 29.3 Å². The molecule has 0 unspecified atom stereocenters. The van der Waals surface area contributed by atoms with Gasteiger partial charge in [0.15, 0.2) is 0 Å². The molecule has 0 aliphatic carbocycles. The van der Waals surface area contributed by atoms with Crippen molar-refractivity contribution in [1.29, 1.82) is 0 Å². The number of carbonyl (C=O) groups is 1. The predicted molar refractivity (Wildman–Crippen MR) is 62.4 cm³/mol. The first-order valence-electron chi connectivity index (χ1n) is 5.13. The molecule has 0 aliphatic heterocycles. The molecular formula is C11H9ClN2O4. The minimum atomic E-state index is -0.885. The molecule has 0 spiro atoms. The van der Waals surface area contributed by atoms with E-state index in [0.717, 1.165) is 0 Å². The highest BCUT2D eigenvalue weighted by Crippen LogP contribution is 2.20. The summed E-state index contributed by atoms with van der Waals surface area (Å²) in [5, 5.41) is 4.27. The Morgan fingerprint density at radius 1 is 1.39 bits per heavy atom. The number of carbonyl (C=O) groups excluding carboxylic acids is 1. The fraction of sp³-hybridized carbons (Fsp3) is 0.182. The van der Waals surface area contributed by atoms with E-state index in [4.69, 9.17) is 16.1 Å². The third-order valence-corrected chi connectivity index (χ3v) is 2.19. The Labute approximate surface area is 107 Å². The second-order valence-electron chi connectivity index (χ2n) is 3.18. The van der Waals surface area contributed by atoms with Crippen molar-refractivity contribution in [2.75, 3.05) is 6.61 Å². The fourth-order valence-electron chi connectivity index (χ4n) is 1.19. The molecule has 1 aromatic carbocycles. The van der Waals surface area contributed by atoms with Gasteiger partial charge in [-0.3, -0.25) is 4.52 Å². The number of hydrogen-bond donors (Lipinski definition) is 0. The first kappa shape index (κ1) is 12.4. The lowest BCUT2D eigenvalue weighted by atomic mass is 10.2. The second-order valence-corrected chi connectivity index (χ2v) is 3.61. The lowest BCUT2D eigenvalue weighted by Crippen LogP contribution is -2.10. The van der Waals surface area contributed by atoms with Gasteiger partial charge in [-0.2, -0.15) is 4.98 Å². The van der Waals surface area contributed by atoms with E-state index in [1.807, 2.05) is 0 Å². The van der Waals surface area contributed by atoms with Crippen LogP contribution in [0.25, 0.3) is 11.4 Å². The maximum Gasteiger partial charge on any atom is 0.517 e. The molecule has 0 amide bonds. The number of ether oxygens (including phenoxy) is 2. The van der Waals surface area contributed by atoms with E-state index >= 15 is 0 Å². The smallest absolute Gasteiger partial charge is 0.434 e. The summed E-state index contributed by atoms with van der Waals surface area (Å²) in [7, 11) is 0. The van der Waals surface area contributed by atoms with E-state index in [1.54, 1.807) is 31.2 Å². The normalized spacial score (nSPS) is 10.1. The van der Waals surface area contributed by atoms with Crippen LogP contribution in [0.15, 0.2) is 28.8 Å². The van der Waals surface area contributed by atoms with Crippen LogP contribution in [-0.4, -0.2) is 22.9 Å². The van der Waals surface area contributed by atoms with Crippen LogP contribution in [0, 0.1) is 0 Å². The molecule has 0 saturated carbocycles. The van der Waals surface area contributed by atoms with Crippen LogP contribution in [0.4, 0.5) is 4.79 Å². The van der Waals surface area contributed by atoms with Gasteiger partial charge < -0.3 is 9.47 Å². The number of benzene rings is 1. The van der Waals surface area contributed by atoms with Gasteiger partial charge in [0.25, 0.3) is 0 Å². The number of rotatable bonds is 3. The highest BCUT2D eigenvalue weighted by Gasteiger charge is 2.13. The SMILES string of the molecule is CCOC(=O)Oc1nc(-c2ccc(Cl)cc2)no1. The number of aromatic nitrogens is 2. The van der Waals surface area contributed by atoms with E-state index in [9.17, 15) is 4.79 Å². The molecule has 0 atom stereocenters. The molecule has 0 saturated heterocycles. The highest BCUT2D eigenvalue weighted by atomic mass is 35.5. The lowest BCUT2D eigenvalue weighted by molar-refractivity contribution is 0.0893. The zero-order valence-corrected chi connectivity index (χ0v) is 10.2. The zero-order valence-electron chi connectivity index (χ0n) is 9.42. The van der Waals surface area contributed by atoms with Crippen molar-refractivity contribution in [3.8, 4) is 17.5 Å². The summed E-state index contributed by atoms with van der Waals surface area (Å²) < 4.78 is 14.0. The van der Waals surface area contributed by atoms with Crippen molar-refractivity contribution < 1.29 is 18.8 Å². The number of nitrogens with zero attached hydrogens (tertiary/aromatic N) is 2. The third-order valence-electron chi connectivity index (χ3n) is 1.94. The fourth-order valence-corrected chi connectivity index (χ4v) is 1.31. The summed E-state index contributed by atoms with van der Waals surface area (Å²) in [5.41, 5.74) is 0.696. The number of halogens is 1. The molecule has 1 heterocycles. The molecule has 0 aliphatic rings. The van der Waals surface area contributed by atoms with Gasteiger partial charge in [-0.1, -0.05) is 16.8 Å². The first-order valence-corrected chi connectivity index (χ1v) is 5.51. The molecule has 0 radical (unpaired) electrons. The second kappa shape index (κ2) is 5.50. The minimum Gasteiger partial charge on any atom is -0.434 e. The third kappa shape index (κ3) is 2.98. The summed E-state index contributed by atoms with van der Waals surface area (Å²) in [6, 6.07) is 6.83. The maximum absolute atomic E-state index is 11.0. The summed E-state index contributed by atoms with van der Waals surface area (Å²) >= 11 is 5.76. The first-order chi connectivity index (χ1) is 8.69. The van der Waals surface area contributed by atoms with Crippen LogP contribution in [0.2, 0.25) is 5.02 Å². The van der Waals surface area contributed by atoms with Gasteiger partial charge in [0.1, 0.15) is 0 Å². The molecule has 0 N–H and O–H groups in total. The van der Waals surface area contributed by atoms with E-state index in [-0.39, 0.29) is 12.7 Å². The van der Waals surface area contributed by atoms with E-state index < -0.39 is 6.16 Å². The molecule has 0 fully saturated rings. The van der Waals surface area contributed by atoms with Gasteiger partial charge in [-0.05, 0) is 31.2 Å². The van der Waals surface area contributed by atoms with Crippen LogP contribution in [0.3, 0.4) is 0 Å². The van der Waals surface area contributed by atoms with Crippen LogP contribution in [0.5, 0.6) is 6.08 Å². The Kier molecular flexibility index (Phi) is 3.78. The largest absolute Gasteiger partial charge is 0.517 e. The Hall–Kier alpha value is -2.08. The number of hydrogen-bond acceptors (Lipinski definition) is 6. The molecule has 0 bridgehead atoms. The van der Waals surface area contributed by atoms with Crippen LogP contribution in [0.1, 0.15) is 6.92 Å². The summed E-state index contributed by atoms with van der Waals surface area (Å²) in [5.74, 6) is 0.297. The standard InChI is InChI=1S/C11H9ClN2O4/c1-2-16-11(15)17-10-13-9(14-18-10)7-3-5-8(12)6-4-7/h3-6H,2H2,1H3. The van der Waals surface area contributed by atoms with Crippen molar-refractivity contribution >= 4 is 17.8 Å². The predicted octanol–water partition coefficient (Wildman–Crippen LogP) is 2.93. The van der Waals surface area contributed by atoms with Gasteiger partial charge in [-0.25, -0.2) is 4.79 Å². The molecule has 18 heavy (non-hydrogen) atoms. The lowest BCUT2D eigenvalue weighted by Gasteiger charge is -1.97. The van der Waals surface area contributed by atoms with Crippen molar-refractivity contribution in [2.24, 2.45) is 0 Å². The van der Waals surface area contributed by atoms with Gasteiger partial charge in [-0.15, -0.1) is 0 Å². The topological polar surface area (TPSA) is 74.5 Å². The van der Waals surface area contributed by atoms with Crippen LogP contribution >= 0.6 is 11.6 Å². The average Bonchev–Trinajstić information content (AvgIpc) is 2.78. The molecule has 7 heteroatoms. The zero-order chi connectivity index (χ0) is 13.0. The van der Waals surface area contributed by atoms with Crippen molar-refractivity contribution in [1.82, 2.24) is 10.1 Å². The van der Waals surface area contributed by atoms with Gasteiger partial charge in [0.05, 0.1) is 6.61 Å². The molecule has 2 aromatic rings. The van der Waals surface area contributed by atoms with Gasteiger partial charge in [0, 0.05) is 10.6 Å². The van der Waals surface area contributed by atoms with Gasteiger partial charge in [0.2, 0.25) is 5.82 Å². The Balaban J connectivity index is 2.10. The monoisotopic (exact) mass is 268 g/mol. The van der Waals surface area contributed by atoms with Crippen LogP contribution < -0.4 is 4.74 Å². The summed E-state index contributed by atoms with van der Waals surface area (Å²) in [6.07, 6.45) is -1.15. The molecule has 1 aromatic heterocycles. The molecular weight excluding hydrogens is 260 g/mol.